The van der Waals surface area contributed by atoms with Crippen molar-refractivity contribution >= 4 is 5.69 Å². The molecule has 0 amide bonds. The molecule has 1 aromatic carbocycles. The lowest BCUT2D eigenvalue weighted by Gasteiger charge is -2.32. The smallest absolute Gasteiger partial charge is 0.299 e. The van der Waals surface area contributed by atoms with E-state index in [1.165, 1.54) is 6.07 Å². The predicted octanol–water partition coefficient (Wildman–Crippen LogP) is 3.37. The number of benzene rings is 1. The molecule has 2 rings (SSSR count). The van der Waals surface area contributed by atoms with E-state index in [1.54, 1.807) is 18.2 Å². The van der Waals surface area contributed by atoms with Gasteiger partial charge in [-0.2, -0.15) is 13.2 Å². The summed E-state index contributed by atoms with van der Waals surface area (Å²) in [7, 11) is 0. The van der Waals surface area contributed by atoms with Gasteiger partial charge in [0, 0.05) is 18.2 Å². The van der Waals surface area contributed by atoms with Crippen LogP contribution >= 0.6 is 0 Å². The van der Waals surface area contributed by atoms with Gasteiger partial charge in [0.2, 0.25) is 0 Å². The minimum Gasteiger partial charge on any atom is -0.299 e. The second-order valence-electron chi connectivity index (χ2n) is 4.98. The molecular formula is C13H15F3N2O2. The number of para-hydroxylation sites is 1. The van der Waals surface area contributed by atoms with E-state index in [0.717, 1.165) is 0 Å². The molecule has 1 aliphatic heterocycles. The Morgan fingerprint density at radius 1 is 1.25 bits per heavy atom. The zero-order valence-corrected chi connectivity index (χ0v) is 10.8. The van der Waals surface area contributed by atoms with Crippen molar-refractivity contribution in [2.24, 2.45) is 5.92 Å². The molecular weight excluding hydrogens is 273 g/mol. The van der Waals surface area contributed by atoms with Crippen molar-refractivity contribution in [3.63, 3.8) is 0 Å². The molecule has 1 aliphatic rings. The number of alkyl halides is 3. The lowest BCUT2D eigenvalue weighted by atomic mass is 9.96. The van der Waals surface area contributed by atoms with Crippen molar-refractivity contribution in [3.8, 4) is 0 Å². The third-order valence-corrected chi connectivity index (χ3v) is 3.63. The first-order chi connectivity index (χ1) is 9.38. The average Bonchev–Trinajstić information content (AvgIpc) is 2.38. The van der Waals surface area contributed by atoms with E-state index < -0.39 is 17.0 Å². The van der Waals surface area contributed by atoms with Gasteiger partial charge < -0.3 is 0 Å². The van der Waals surface area contributed by atoms with Crippen molar-refractivity contribution < 1.29 is 18.1 Å². The number of hydrogen-bond acceptors (Lipinski definition) is 3. The maximum absolute atomic E-state index is 12.6. The molecule has 1 fully saturated rings. The molecule has 0 atom stereocenters. The van der Waals surface area contributed by atoms with Crippen LogP contribution in [0.1, 0.15) is 18.4 Å². The zero-order chi connectivity index (χ0) is 14.8. The SMILES string of the molecule is O=[N+]([O-])c1ccccc1CN1CCC(C(F)(F)F)CC1. The summed E-state index contributed by atoms with van der Waals surface area (Å²) < 4.78 is 37.7. The van der Waals surface area contributed by atoms with Gasteiger partial charge in [-0.1, -0.05) is 18.2 Å². The molecule has 0 bridgehead atoms. The van der Waals surface area contributed by atoms with Crippen molar-refractivity contribution in [2.75, 3.05) is 13.1 Å². The third-order valence-electron chi connectivity index (χ3n) is 3.63. The first kappa shape index (κ1) is 14.8. The molecule has 0 unspecified atom stereocenters. The quantitative estimate of drug-likeness (QED) is 0.633. The number of hydrogen-bond donors (Lipinski definition) is 0. The van der Waals surface area contributed by atoms with Crippen molar-refractivity contribution in [1.29, 1.82) is 0 Å². The second-order valence-corrected chi connectivity index (χ2v) is 4.98. The van der Waals surface area contributed by atoms with Gasteiger partial charge in [0.25, 0.3) is 5.69 Å². The molecule has 0 aliphatic carbocycles. The van der Waals surface area contributed by atoms with Crippen molar-refractivity contribution in [3.05, 3.63) is 39.9 Å². The fourth-order valence-corrected chi connectivity index (χ4v) is 2.48. The standard InChI is InChI=1S/C13H15F3N2O2/c14-13(15,16)11-5-7-17(8-6-11)9-10-3-1-2-4-12(10)18(19)20/h1-4,11H,5-9H2. The highest BCUT2D eigenvalue weighted by Crippen LogP contribution is 2.34. The van der Waals surface area contributed by atoms with Crippen molar-refractivity contribution in [1.82, 2.24) is 4.90 Å². The van der Waals surface area contributed by atoms with Crippen LogP contribution < -0.4 is 0 Å². The Balaban J connectivity index is 1.98. The summed E-state index contributed by atoms with van der Waals surface area (Å²) >= 11 is 0. The van der Waals surface area contributed by atoms with Crippen LogP contribution in [0.3, 0.4) is 0 Å². The molecule has 0 spiro atoms. The molecule has 110 valence electrons. The molecule has 0 N–H and O–H groups in total. The van der Waals surface area contributed by atoms with Crippen LogP contribution in [0.25, 0.3) is 0 Å². The van der Waals surface area contributed by atoms with Gasteiger partial charge in [0.1, 0.15) is 0 Å². The van der Waals surface area contributed by atoms with Crippen LogP contribution in [0.5, 0.6) is 0 Å². The van der Waals surface area contributed by atoms with Gasteiger partial charge in [-0.05, 0) is 25.9 Å². The first-order valence-electron chi connectivity index (χ1n) is 6.39. The van der Waals surface area contributed by atoms with Gasteiger partial charge in [-0.3, -0.25) is 15.0 Å². The monoisotopic (exact) mass is 288 g/mol. The predicted molar refractivity (Wildman–Crippen MR) is 67.2 cm³/mol. The summed E-state index contributed by atoms with van der Waals surface area (Å²) in [5, 5.41) is 10.9. The Morgan fingerprint density at radius 2 is 1.85 bits per heavy atom. The highest BCUT2D eigenvalue weighted by atomic mass is 19.4. The maximum Gasteiger partial charge on any atom is 0.391 e. The summed E-state index contributed by atoms with van der Waals surface area (Å²) in [5.74, 6) is -1.25. The van der Waals surface area contributed by atoms with Gasteiger partial charge in [-0.15, -0.1) is 0 Å². The Hall–Kier alpha value is -1.63. The molecule has 4 nitrogen and oxygen atoms in total. The second kappa shape index (κ2) is 5.78. The Bertz CT molecular complexity index is 483. The third kappa shape index (κ3) is 3.47. The number of nitrogens with zero attached hydrogens (tertiary/aromatic N) is 2. The topological polar surface area (TPSA) is 46.4 Å². The highest BCUT2D eigenvalue weighted by molar-refractivity contribution is 5.39. The molecule has 1 heterocycles. The number of nitro groups is 1. The van der Waals surface area contributed by atoms with Gasteiger partial charge in [-0.25, -0.2) is 0 Å². The molecule has 1 aromatic rings. The highest BCUT2D eigenvalue weighted by Gasteiger charge is 2.41. The van der Waals surface area contributed by atoms with Gasteiger partial charge in [0.05, 0.1) is 10.8 Å². The van der Waals surface area contributed by atoms with E-state index in [0.29, 0.717) is 25.2 Å². The first-order valence-corrected chi connectivity index (χ1v) is 6.39. The minimum absolute atomic E-state index is 0.0189. The molecule has 0 saturated carbocycles. The molecule has 7 heteroatoms. The van der Waals surface area contributed by atoms with E-state index in [2.05, 4.69) is 0 Å². The lowest BCUT2D eigenvalue weighted by Crippen LogP contribution is -2.38. The fourth-order valence-electron chi connectivity index (χ4n) is 2.48. The van der Waals surface area contributed by atoms with Crippen LogP contribution in [0.15, 0.2) is 24.3 Å². The number of nitro benzene ring substituents is 1. The summed E-state index contributed by atoms with van der Waals surface area (Å²) in [6.07, 6.45) is -4.01. The largest absolute Gasteiger partial charge is 0.391 e. The van der Waals surface area contributed by atoms with E-state index in [-0.39, 0.29) is 18.5 Å². The minimum atomic E-state index is -4.13. The number of piperidine rings is 1. The Morgan fingerprint density at radius 3 is 2.40 bits per heavy atom. The number of halogens is 3. The summed E-state index contributed by atoms with van der Waals surface area (Å²) in [6, 6.07) is 6.34. The molecule has 1 saturated heterocycles. The maximum atomic E-state index is 12.6. The summed E-state index contributed by atoms with van der Waals surface area (Å²) in [5.41, 5.74) is 0.563. The summed E-state index contributed by atoms with van der Waals surface area (Å²) in [4.78, 5) is 12.3. The van der Waals surface area contributed by atoms with E-state index in [9.17, 15) is 23.3 Å². The van der Waals surface area contributed by atoms with Gasteiger partial charge >= 0.3 is 6.18 Å². The normalized spacial score (nSPS) is 18.1. The van der Waals surface area contributed by atoms with E-state index in [1.807, 2.05) is 4.90 Å². The van der Waals surface area contributed by atoms with Crippen LogP contribution in [0, 0.1) is 16.0 Å². The van der Waals surface area contributed by atoms with Crippen LogP contribution in [-0.2, 0) is 6.54 Å². The van der Waals surface area contributed by atoms with Crippen LogP contribution in [-0.4, -0.2) is 29.1 Å². The summed E-state index contributed by atoms with van der Waals surface area (Å²) in [6.45, 7) is 0.953. The van der Waals surface area contributed by atoms with Crippen LogP contribution in [0.2, 0.25) is 0 Å². The Labute approximate surface area is 114 Å². The van der Waals surface area contributed by atoms with Crippen molar-refractivity contribution in [2.45, 2.75) is 25.6 Å². The van der Waals surface area contributed by atoms with E-state index in [4.69, 9.17) is 0 Å². The Kier molecular flexibility index (Phi) is 4.27. The number of likely N-dealkylation sites (tertiary alicyclic amines) is 1. The lowest BCUT2D eigenvalue weighted by molar-refractivity contribution is -0.385. The van der Waals surface area contributed by atoms with Crippen LogP contribution in [0.4, 0.5) is 18.9 Å². The fraction of sp³-hybridized carbons (Fsp3) is 0.538. The van der Waals surface area contributed by atoms with E-state index >= 15 is 0 Å². The average molecular weight is 288 g/mol. The number of rotatable bonds is 3. The van der Waals surface area contributed by atoms with Gasteiger partial charge in [0.15, 0.2) is 0 Å². The molecule has 20 heavy (non-hydrogen) atoms. The molecule has 0 aromatic heterocycles. The molecule has 0 radical (unpaired) electrons. The zero-order valence-electron chi connectivity index (χ0n) is 10.8.